The van der Waals surface area contributed by atoms with E-state index in [2.05, 4.69) is 10.3 Å². The van der Waals surface area contributed by atoms with E-state index >= 15 is 0 Å². The molecule has 0 aromatic carbocycles. The summed E-state index contributed by atoms with van der Waals surface area (Å²) < 4.78 is 0. The van der Waals surface area contributed by atoms with E-state index in [9.17, 15) is 4.79 Å². The number of thiophene rings is 1. The van der Waals surface area contributed by atoms with Crippen LogP contribution in [0, 0.1) is 0 Å². The fourth-order valence-corrected chi connectivity index (χ4v) is 2.12. The Labute approximate surface area is 107 Å². The van der Waals surface area contributed by atoms with Gasteiger partial charge in [-0.2, -0.15) is 0 Å². The largest absolute Gasteiger partial charge is 0.478 e. The molecule has 2 heterocycles. The maximum atomic E-state index is 10.9. The van der Waals surface area contributed by atoms with Gasteiger partial charge in [0.2, 0.25) is 0 Å². The molecule has 2 aromatic heterocycles. The topological polar surface area (TPSA) is 62.2 Å². The second-order valence-corrected chi connectivity index (χ2v) is 4.73. The molecule has 0 spiro atoms. The zero-order valence-corrected chi connectivity index (χ0v) is 10.3. The minimum absolute atomic E-state index is 0.0512. The Kier molecular flexibility index (Phi) is 3.61. The second kappa shape index (κ2) is 5.16. The van der Waals surface area contributed by atoms with E-state index in [4.69, 9.17) is 16.7 Å². The molecule has 2 rings (SSSR count). The van der Waals surface area contributed by atoms with Gasteiger partial charge in [-0.05, 0) is 17.5 Å². The summed E-state index contributed by atoms with van der Waals surface area (Å²) in [5, 5.41) is 14.1. The molecule has 0 radical (unpaired) electrons. The number of carboxylic acids is 1. The van der Waals surface area contributed by atoms with Gasteiger partial charge in [0.05, 0.1) is 17.1 Å². The van der Waals surface area contributed by atoms with Crippen LogP contribution in [0.25, 0.3) is 0 Å². The number of nitrogens with one attached hydrogen (secondary N) is 1. The molecule has 88 valence electrons. The highest BCUT2D eigenvalue weighted by Crippen LogP contribution is 2.19. The first-order valence-electron chi connectivity index (χ1n) is 4.82. The fraction of sp³-hybridized carbons (Fsp3) is 0.0909. The van der Waals surface area contributed by atoms with Gasteiger partial charge < -0.3 is 10.4 Å². The Balaban J connectivity index is 2.11. The van der Waals surface area contributed by atoms with Crippen molar-refractivity contribution in [3.8, 4) is 0 Å². The molecule has 0 aliphatic rings. The second-order valence-electron chi connectivity index (χ2n) is 3.29. The van der Waals surface area contributed by atoms with E-state index in [0.717, 1.165) is 4.88 Å². The third-order valence-electron chi connectivity index (χ3n) is 2.11. The van der Waals surface area contributed by atoms with Crippen LogP contribution in [0.1, 0.15) is 15.2 Å². The predicted octanol–water partition coefficient (Wildman–Crippen LogP) is 3.11. The SMILES string of the molecule is O=C(O)c1cc(NCc2cccs2)ncc1Cl. The highest BCUT2D eigenvalue weighted by Gasteiger charge is 2.10. The van der Waals surface area contributed by atoms with Crippen LogP contribution in [0.2, 0.25) is 5.02 Å². The highest BCUT2D eigenvalue weighted by atomic mass is 35.5. The van der Waals surface area contributed by atoms with Crippen molar-refractivity contribution in [3.63, 3.8) is 0 Å². The lowest BCUT2D eigenvalue weighted by Crippen LogP contribution is -2.03. The normalized spacial score (nSPS) is 10.2. The summed E-state index contributed by atoms with van der Waals surface area (Å²) in [5.41, 5.74) is 0.0512. The van der Waals surface area contributed by atoms with Crippen LogP contribution in [0.3, 0.4) is 0 Å². The third-order valence-corrected chi connectivity index (χ3v) is 3.29. The standard InChI is InChI=1S/C11H9ClN2O2S/c12-9-6-14-10(4-8(9)11(15)16)13-5-7-2-1-3-17-7/h1-4,6H,5H2,(H,13,14)(H,15,16). The van der Waals surface area contributed by atoms with Crippen molar-refractivity contribution in [3.05, 3.63) is 45.2 Å². The number of aromatic carboxylic acids is 1. The number of nitrogens with zero attached hydrogens (tertiary/aromatic N) is 1. The van der Waals surface area contributed by atoms with Crippen molar-refractivity contribution >= 4 is 34.7 Å². The van der Waals surface area contributed by atoms with Crippen molar-refractivity contribution < 1.29 is 9.90 Å². The number of carboxylic acid groups (broad SMARTS) is 1. The molecule has 17 heavy (non-hydrogen) atoms. The Morgan fingerprint density at radius 1 is 1.59 bits per heavy atom. The van der Waals surface area contributed by atoms with Crippen LogP contribution in [0.15, 0.2) is 29.8 Å². The number of anilines is 1. The molecule has 2 aromatic rings. The van der Waals surface area contributed by atoms with Crippen LogP contribution in [-0.2, 0) is 6.54 Å². The van der Waals surface area contributed by atoms with Crippen molar-refractivity contribution in [2.24, 2.45) is 0 Å². The van der Waals surface area contributed by atoms with Gasteiger partial charge in [-0.3, -0.25) is 0 Å². The van der Waals surface area contributed by atoms with Gasteiger partial charge in [-0.1, -0.05) is 17.7 Å². The van der Waals surface area contributed by atoms with Gasteiger partial charge in [0.25, 0.3) is 0 Å². The van der Waals surface area contributed by atoms with Crippen LogP contribution < -0.4 is 5.32 Å². The molecule has 0 bridgehead atoms. The Morgan fingerprint density at radius 2 is 2.41 bits per heavy atom. The number of aromatic nitrogens is 1. The van der Waals surface area contributed by atoms with Gasteiger partial charge in [0.1, 0.15) is 5.82 Å². The third kappa shape index (κ3) is 2.95. The molecule has 4 nitrogen and oxygen atoms in total. The number of hydrogen-bond donors (Lipinski definition) is 2. The summed E-state index contributed by atoms with van der Waals surface area (Å²) in [6.45, 7) is 0.616. The lowest BCUT2D eigenvalue weighted by Gasteiger charge is -2.05. The maximum Gasteiger partial charge on any atom is 0.337 e. The molecule has 0 unspecified atom stereocenters. The number of pyridine rings is 1. The molecule has 2 N–H and O–H groups in total. The molecule has 0 saturated heterocycles. The molecular formula is C11H9ClN2O2S. The Hall–Kier alpha value is -1.59. The van der Waals surface area contributed by atoms with E-state index in [0.29, 0.717) is 12.4 Å². The molecule has 0 aliphatic heterocycles. The van der Waals surface area contributed by atoms with Gasteiger partial charge in [-0.15, -0.1) is 11.3 Å². The first kappa shape index (κ1) is 11.9. The maximum absolute atomic E-state index is 10.9. The Morgan fingerprint density at radius 3 is 3.06 bits per heavy atom. The van der Waals surface area contributed by atoms with Gasteiger partial charge >= 0.3 is 5.97 Å². The van der Waals surface area contributed by atoms with Crippen LogP contribution in [0.5, 0.6) is 0 Å². The van der Waals surface area contributed by atoms with Crippen molar-refractivity contribution in [1.82, 2.24) is 4.98 Å². The highest BCUT2D eigenvalue weighted by molar-refractivity contribution is 7.09. The average Bonchev–Trinajstić information content (AvgIpc) is 2.80. The van der Waals surface area contributed by atoms with E-state index in [-0.39, 0.29) is 10.6 Å². The van der Waals surface area contributed by atoms with Crippen molar-refractivity contribution in [1.29, 1.82) is 0 Å². The summed E-state index contributed by atoms with van der Waals surface area (Å²) in [7, 11) is 0. The fourth-order valence-electron chi connectivity index (χ4n) is 1.29. The first-order chi connectivity index (χ1) is 8.16. The lowest BCUT2D eigenvalue weighted by molar-refractivity contribution is 0.0697. The zero-order valence-electron chi connectivity index (χ0n) is 8.68. The summed E-state index contributed by atoms with van der Waals surface area (Å²) in [4.78, 5) is 16.0. The average molecular weight is 269 g/mol. The molecular weight excluding hydrogens is 260 g/mol. The minimum Gasteiger partial charge on any atom is -0.478 e. The lowest BCUT2D eigenvalue weighted by atomic mass is 10.2. The number of rotatable bonds is 4. The van der Waals surface area contributed by atoms with E-state index < -0.39 is 5.97 Å². The molecule has 6 heteroatoms. The molecule has 0 saturated carbocycles. The molecule has 0 aliphatic carbocycles. The van der Waals surface area contributed by atoms with Crippen LogP contribution in [0.4, 0.5) is 5.82 Å². The predicted molar refractivity (Wildman–Crippen MR) is 67.9 cm³/mol. The van der Waals surface area contributed by atoms with Crippen molar-refractivity contribution in [2.75, 3.05) is 5.32 Å². The summed E-state index contributed by atoms with van der Waals surface area (Å²) >= 11 is 7.35. The van der Waals surface area contributed by atoms with Crippen molar-refractivity contribution in [2.45, 2.75) is 6.54 Å². The molecule has 0 amide bonds. The summed E-state index contributed by atoms with van der Waals surface area (Å²) in [6, 6.07) is 5.38. The number of hydrogen-bond acceptors (Lipinski definition) is 4. The van der Waals surface area contributed by atoms with Gasteiger partial charge in [0.15, 0.2) is 0 Å². The van der Waals surface area contributed by atoms with Crippen LogP contribution >= 0.6 is 22.9 Å². The Bertz CT molecular complexity index is 528. The van der Waals surface area contributed by atoms with E-state index in [1.54, 1.807) is 11.3 Å². The summed E-state index contributed by atoms with van der Waals surface area (Å²) in [5.74, 6) is -0.559. The molecule has 0 atom stereocenters. The molecule has 0 fully saturated rings. The number of carbonyl (C=O) groups is 1. The monoisotopic (exact) mass is 268 g/mol. The van der Waals surface area contributed by atoms with E-state index in [1.807, 2.05) is 17.5 Å². The minimum atomic E-state index is -1.06. The van der Waals surface area contributed by atoms with Gasteiger partial charge in [0, 0.05) is 11.1 Å². The quantitative estimate of drug-likeness (QED) is 0.894. The van der Waals surface area contributed by atoms with Crippen LogP contribution in [-0.4, -0.2) is 16.1 Å². The first-order valence-corrected chi connectivity index (χ1v) is 6.07. The smallest absolute Gasteiger partial charge is 0.337 e. The van der Waals surface area contributed by atoms with Gasteiger partial charge in [-0.25, -0.2) is 9.78 Å². The number of halogens is 1. The van der Waals surface area contributed by atoms with E-state index in [1.165, 1.54) is 12.3 Å². The zero-order chi connectivity index (χ0) is 12.3. The summed E-state index contributed by atoms with van der Waals surface area (Å²) in [6.07, 6.45) is 1.34.